The molecule has 0 radical (unpaired) electrons. The third-order valence-corrected chi connectivity index (χ3v) is 3.11. The van der Waals surface area contributed by atoms with E-state index in [-0.39, 0.29) is 0 Å². The maximum atomic E-state index is 4.98. The molecule has 0 atom stereocenters. The molecule has 0 fully saturated rings. The van der Waals surface area contributed by atoms with Gasteiger partial charge in [0.2, 0.25) is 0 Å². The van der Waals surface area contributed by atoms with Gasteiger partial charge >= 0.3 is 0 Å². The van der Waals surface area contributed by atoms with Crippen molar-refractivity contribution in [1.82, 2.24) is 0 Å². The van der Waals surface area contributed by atoms with Gasteiger partial charge in [0.15, 0.2) is 0 Å². The summed E-state index contributed by atoms with van der Waals surface area (Å²) in [7, 11) is 1.72. The Kier molecular flexibility index (Phi) is 5.52. The fraction of sp³-hybridized carbons (Fsp3) is 0.400. The monoisotopic (exact) mass is 321 g/mol. The van der Waals surface area contributed by atoms with Gasteiger partial charge in [0.05, 0.1) is 5.69 Å². The molecule has 0 amide bonds. The molecule has 2 nitrogen and oxygen atoms in total. The number of nitrogens with one attached hydrogen (secondary N) is 1. The second-order valence-electron chi connectivity index (χ2n) is 2.87. The predicted molar refractivity (Wildman–Crippen MR) is 66.8 cm³/mol. The SMILES string of the molecule is COCCCNc1c(Br)cccc1Br. The highest BCUT2D eigenvalue weighted by molar-refractivity contribution is 9.11. The summed E-state index contributed by atoms with van der Waals surface area (Å²) in [6.07, 6.45) is 1.00. The van der Waals surface area contributed by atoms with Crippen LogP contribution in [0.1, 0.15) is 6.42 Å². The second kappa shape index (κ2) is 6.43. The summed E-state index contributed by atoms with van der Waals surface area (Å²) in [6, 6.07) is 6.03. The number of hydrogen-bond acceptors (Lipinski definition) is 2. The molecule has 1 aromatic rings. The largest absolute Gasteiger partial charge is 0.385 e. The molecule has 0 heterocycles. The number of anilines is 1. The van der Waals surface area contributed by atoms with E-state index in [9.17, 15) is 0 Å². The van der Waals surface area contributed by atoms with Gasteiger partial charge in [0.1, 0.15) is 0 Å². The minimum atomic E-state index is 0.787. The molecular formula is C10H13Br2NO. The van der Waals surface area contributed by atoms with Crippen molar-refractivity contribution in [1.29, 1.82) is 0 Å². The third kappa shape index (κ3) is 3.59. The molecule has 0 aliphatic heterocycles. The van der Waals surface area contributed by atoms with Crippen molar-refractivity contribution in [3.8, 4) is 0 Å². The maximum Gasteiger partial charge on any atom is 0.0629 e. The molecule has 4 heteroatoms. The Hall–Kier alpha value is -0.0600. The molecule has 0 aliphatic carbocycles. The highest BCUT2D eigenvalue weighted by Crippen LogP contribution is 2.30. The smallest absolute Gasteiger partial charge is 0.0629 e. The molecule has 78 valence electrons. The summed E-state index contributed by atoms with van der Waals surface area (Å²) in [5, 5.41) is 3.34. The van der Waals surface area contributed by atoms with Crippen molar-refractivity contribution in [3.63, 3.8) is 0 Å². The minimum Gasteiger partial charge on any atom is -0.385 e. The van der Waals surface area contributed by atoms with Gasteiger partial charge in [-0.05, 0) is 50.4 Å². The Labute approximate surface area is 101 Å². The quantitative estimate of drug-likeness (QED) is 0.835. The van der Waals surface area contributed by atoms with Crippen LogP contribution >= 0.6 is 31.9 Å². The highest BCUT2D eigenvalue weighted by atomic mass is 79.9. The first-order chi connectivity index (χ1) is 6.75. The van der Waals surface area contributed by atoms with E-state index < -0.39 is 0 Å². The summed E-state index contributed by atoms with van der Waals surface area (Å²) < 4.78 is 7.12. The highest BCUT2D eigenvalue weighted by Gasteiger charge is 2.02. The first-order valence-corrected chi connectivity index (χ1v) is 6.01. The van der Waals surface area contributed by atoms with E-state index in [1.54, 1.807) is 7.11 Å². The zero-order valence-corrected chi connectivity index (χ0v) is 11.2. The van der Waals surface area contributed by atoms with Crippen LogP contribution in [0.4, 0.5) is 5.69 Å². The second-order valence-corrected chi connectivity index (χ2v) is 4.58. The number of rotatable bonds is 5. The number of hydrogen-bond donors (Lipinski definition) is 1. The van der Waals surface area contributed by atoms with E-state index in [4.69, 9.17) is 4.74 Å². The Balaban J connectivity index is 2.49. The zero-order chi connectivity index (χ0) is 10.4. The van der Waals surface area contributed by atoms with Crippen LogP contribution in [0.2, 0.25) is 0 Å². The summed E-state index contributed by atoms with van der Waals surface area (Å²) in [5.41, 5.74) is 1.10. The van der Waals surface area contributed by atoms with Crippen LogP contribution in [0.5, 0.6) is 0 Å². The third-order valence-electron chi connectivity index (χ3n) is 1.79. The standard InChI is InChI=1S/C10H13Br2NO/c1-14-7-3-6-13-10-8(11)4-2-5-9(10)12/h2,4-5,13H,3,6-7H2,1H3. The fourth-order valence-corrected chi connectivity index (χ4v) is 2.38. The topological polar surface area (TPSA) is 21.3 Å². The predicted octanol–water partition coefficient (Wildman–Crippen LogP) is 3.66. The average molecular weight is 323 g/mol. The van der Waals surface area contributed by atoms with Gasteiger partial charge in [-0.2, -0.15) is 0 Å². The maximum absolute atomic E-state index is 4.98. The number of para-hydroxylation sites is 1. The molecule has 0 spiro atoms. The van der Waals surface area contributed by atoms with E-state index in [0.29, 0.717) is 0 Å². The van der Waals surface area contributed by atoms with E-state index in [1.807, 2.05) is 18.2 Å². The van der Waals surface area contributed by atoms with Gasteiger partial charge in [-0.1, -0.05) is 6.07 Å². The van der Waals surface area contributed by atoms with Gasteiger partial charge in [-0.15, -0.1) is 0 Å². The van der Waals surface area contributed by atoms with Gasteiger partial charge in [-0.25, -0.2) is 0 Å². The van der Waals surface area contributed by atoms with Crippen LogP contribution in [0, 0.1) is 0 Å². The molecule has 1 aromatic carbocycles. The molecular weight excluding hydrogens is 310 g/mol. The lowest BCUT2D eigenvalue weighted by Crippen LogP contribution is -2.05. The number of methoxy groups -OCH3 is 1. The van der Waals surface area contributed by atoms with Crippen LogP contribution in [0.15, 0.2) is 27.1 Å². The lowest BCUT2D eigenvalue weighted by atomic mass is 10.3. The molecule has 1 rings (SSSR count). The minimum absolute atomic E-state index is 0.787. The average Bonchev–Trinajstić information content (AvgIpc) is 2.16. The first kappa shape index (κ1) is 12.0. The molecule has 0 bridgehead atoms. The van der Waals surface area contributed by atoms with Crippen LogP contribution in [-0.4, -0.2) is 20.3 Å². The van der Waals surface area contributed by atoms with E-state index in [2.05, 4.69) is 37.2 Å². The number of benzene rings is 1. The van der Waals surface area contributed by atoms with Crippen molar-refractivity contribution in [3.05, 3.63) is 27.1 Å². The molecule has 0 saturated carbocycles. The lowest BCUT2D eigenvalue weighted by Gasteiger charge is -2.09. The molecule has 0 saturated heterocycles. The Morgan fingerprint density at radius 3 is 2.50 bits per heavy atom. The number of ether oxygens (including phenoxy) is 1. The molecule has 0 aromatic heterocycles. The normalized spacial score (nSPS) is 10.2. The van der Waals surface area contributed by atoms with Crippen LogP contribution in [0.25, 0.3) is 0 Å². The Morgan fingerprint density at radius 1 is 1.29 bits per heavy atom. The Bertz CT molecular complexity index is 271. The van der Waals surface area contributed by atoms with E-state index >= 15 is 0 Å². The number of halogens is 2. The van der Waals surface area contributed by atoms with Crippen molar-refractivity contribution in [2.45, 2.75) is 6.42 Å². The van der Waals surface area contributed by atoms with Crippen LogP contribution in [-0.2, 0) is 4.74 Å². The van der Waals surface area contributed by atoms with Crippen LogP contribution < -0.4 is 5.32 Å². The summed E-state index contributed by atoms with van der Waals surface area (Å²) >= 11 is 6.99. The zero-order valence-electron chi connectivity index (χ0n) is 8.02. The van der Waals surface area contributed by atoms with Gasteiger partial charge in [-0.3, -0.25) is 0 Å². The first-order valence-electron chi connectivity index (χ1n) is 4.42. The fourth-order valence-electron chi connectivity index (χ4n) is 1.10. The van der Waals surface area contributed by atoms with Crippen molar-refractivity contribution in [2.24, 2.45) is 0 Å². The molecule has 14 heavy (non-hydrogen) atoms. The van der Waals surface area contributed by atoms with Gasteiger partial charge in [0.25, 0.3) is 0 Å². The lowest BCUT2D eigenvalue weighted by molar-refractivity contribution is 0.198. The van der Waals surface area contributed by atoms with Gasteiger partial charge in [0, 0.05) is 29.2 Å². The van der Waals surface area contributed by atoms with Crippen molar-refractivity contribution >= 4 is 37.5 Å². The van der Waals surface area contributed by atoms with E-state index in [1.165, 1.54) is 0 Å². The van der Waals surface area contributed by atoms with Crippen LogP contribution in [0.3, 0.4) is 0 Å². The molecule has 0 unspecified atom stereocenters. The summed E-state index contributed by atoms with van der Waals surface area (Å²) in [4.78, 5) is 0. The summed E-state index contributed by atoms with van der Waals surface area (Å²) in [6.45, 7) is 1.70. The summed E-state index contributed by atoms with van der Waals surface area (Å²) in [5.74, 6) is 0. The molecule has 0 aliphatic rings. The Morgan fingerprint density at radius 2 is 1.93 bits per heavy atom. The van der Waals surface area contributed by atoms with Gasteiger partial charge < -0.3 is 10.1 Å². The van der Waals surface area contributed by atoms with Crippen molar-refractivity contribution < 1.29 is 4.74 Å². The molecule has 1 N–H and O–H groups in total. The van der Waals surface area contributed by atoms with E-state index in [0.717, 1.165) is 34.2 Å². The van der Waals surface area contributed by atoms with Crippen molar-refractivity contribution in [2.75, 3.05) is 25.6 Å².